The first-order valence-corrected chi connectivity index (χ1v) is 24.3. The summed E-state index contributed by atoms with van der Waals surface area (Å²) in [6.07, 6.45) is 7.61. The maximum Gasteiger partial charge on any atom is 0.144 e. The van der Waals surface area contributed by atoms with Crippen molar-refractivity contribution in [2.75, 3.05) is 0 Å². The Kier molecular flexibility index (Phi) is 14.8. The molecule has 75 heavy (non-hydrogen) atoms. The molecule has 6 nitrogen and oxygen atoms in total. The zero-order chi connectivity index (χ0) is 50.1. The number of rotatable bonds is 10. The second-order valence-corrected chi connectivity index (χ2v) is 17.6. The quantitative estimate of drug-likeness (QED) is 0.128. The molecule has 357 valence electrons. The molecule has 0 aliphatic rings. The smallest absolute Gasteiger partial charge is 0.144 e. The molecule has 0 saturated carbocycles. The molecule has 1 radical (unpaired) electrons. The fraction of sp³-hybridized carbons (Fsp3) is 0. The number of aromatic nitrogens is 4. The summed E-state index contributed by atoms with van der Waals surface area (Å²) >= 11 is 0. The van der Waals surface area contributed by atoms with Crippen LogP contribution in [-0.4, -0.2) is 19.1 Å². The second-order valence-electron chi connectivity index (χ2n) is 17.6. The Bertz CT molecular complexity index is 3570. The van der Waals surface area contributed by atoms with Gasteiger partial charge in [-0.3, -0.25) is 9.55 Å². The first-order chi connectivity index (χ1) is 36.6. The van der Waals surface area contributed by atoms with E-state index in [-0.39, 0.29) is 20.1 Å². The normalized spacial score (nSPS) is 10.5. The summed E-state index contributed by atoms with van der Waals surface area (Å²) in [7, 11) is 0. The van der Waals surface area contributed by atoms with E-state index in [1.165, 1.54) is 0 Å². The third kappa shape index (κ3) is 10.5. The van der Waals surface area contributed by atoms with Gasteiger partial charge in [0.05, 0.1) is 34.9 Å². The molecule has 0 bridgehead atoms. The van der Waals surface area contributed by atoms with Gasteiger partial charge < -0.3 is 4.57 Å². The van der Waals surface area contributed by atoms with Gasteiger partial charge in [0.15, 0.2) is 0 Å². The summed E-state index contributed by atoms with van der Waals surface area (Å²) in [6, 6.07) is 92.6. The standard InChI is InChI=1S/C34H23N3.C34H22N3.Ir/c2*35-24-25-11-10-18-29(21-25)34-36-19-20-37(34)33-31(27-14-6-2-7-15-27)22-30(26-12-4-1-5-13-26)23-32(33)28-16-8-3-9-17-28;/h1-23H;1-17,19-23H;/q;-1;. The number of hydrogen-bond donors (Lipinski definition) is 0. The third-order valence-corrected chi connectivity index (χ3v) is 13.0. The van der Waals surface area contributed by atoms with E-state index in [1.54, 1.807) is 18.3 Å². The van der Waals surface area contributed by atoms with Crippen LogP contribution in [0.2, 0.25) is 0 Å². The molecule has 0 aliphatic heterocycles. The Labute approximate surface area is 450 Å². The van der Waals surface area contributed by atoms with Crippen LogP contribution < -0.4 is 0 Å². The Morgan fingerprint density at radius 1 is 0.333 bits per heavy atom. The molecule has 0 N–H and O–H groups in total. The molecule has 12 rings (SSSR count). The predicted octanol–water partition coefficient (Wildman–Crippen LogP) is 16.6. The minimum absolute atomic E-state index is 0. The van der Waals surface area contributed by atoms with Crippen molar-refractivity contribution in [1.29, 1.82) is 10.5 Å². The number of nitrogens with zero attached hydrogens (tertiary/aromatic N) is 6. The largest absolute Gasteiger partial charge is 0.339 e. The van der Waals surface area contributed by atoms with Crippen molar-refractivity contribution in [1.82, 2.24) is 19.1 Å². The summed E-state index contributed by atoms with van der Waals surface area (Å²) in [5.41, 5.74) is 18.4. The van der Waals surface area contributed by atoms with Crippen molar-refractivity contribution in [3.8, 4) is 113 Å². The van der Waals surface area contributed by atoms with Crippen LogP contribution in [0.3, 0.4) is 0 Å². The van der Waals surface area contributed by atoms with E-state index in [9.17, 15) is 10.5 Å². The van der Waals surface area contributed by atoms with Gasteiger partial charge in [-0.05, 0) is 86.5 Å². The Balaban J connectivity index is 0.000000169. The van der Waals surface area contributed by atoms with E-state index in [0.717, 1.165) is 101 Å². The molecule has 10 aromatic carbocycles. The molecule has 0 atom stereocenters. The zero-order valence-corrected chi connectivity index (χ0v) is 42.9. The molecule has 0 unspecified atom stereocenters. The molecule has 0 aliphatic carbocycles. The summed E-state index contributed by atoms with van der Waals surface area (Å²) in [5, 5.41) is 19.0. The van der Waals surface area contributed by atoms with Crippen molar-refractivity contribution in [3.63, 3.8) is 0 Å². The Morgan fingerprint density at radius 2 is 0.680 bits per heavy atom. The average Bonchev–Trinajstić information content (AvgIpc) is 4.19. The SMILES string of the molecule is N#Cc1cc[c-]c(-c2nccn2-c2c(-c3ccccc3)cc(-c3ccccc3)cc2-c2ccccc2)c1.N#Cc1cccc(-c2nccn2-c2c(-c3ccccc3)cc(-c3ccccc3)cc2-c2ccccc2)c1.[Ir]. The topological polar surface area (TPSA) is 83.2 Å². The fourth-order valence-corrected chi connectivity index (χ4v) is 9.51. The van der Waals surface area contributed by atoms with E-state index in [4.69, 9.17) is 9.97 Å². The third-order valence-electron chi connectivity index (χ3n) is 13.0. The van der Waals surface area contributed by atoms with Crippen LogP contribution in [0.5, 0.6) is 0 Å². The minimum atomic E-state index is 0. The summed E-state index contributed by atoms with van der Waals surface area (Å²) in [6.45, 7) is 0. The summed E-state index contributed by atoms with van der Waals surface area (Å²) < 4.78 is 4.27. The minimum Gasteiger partial charge on any atom is -0.339 e. The Morgan fingerprint density at radius 3 is 1.08 bits per heavy atom. The molecular formula is C68H45IrN6-. The van der Waals surface area contributed by atoms with E-state index in [2.05, 4.69) is 197 Å². The van der Waals surface area contributed by atoms with Crippen molar-refractivity contribution in [2.24, 2.45) is 0 Å². The number of hydrogen-bond acceptors (Lipinski definition) is 4. The van der Waals surface area contributed by atoms with Gasteiger partial charge in [0, 0.05) is 72.7 Å². The van der Waals surface area contributed by atoms with Gasteiger partial charge >= 0.3 is 0 Å². The first kappa shape index (κ1) is 48.9. The van der Waals surface area contributed by atoms with Crippen LogP contribution >= 0.6 is 0 Å². The molecule has 0 spiro atoms. The predicted molar refractivity (Wildman–Crippen MR) is 299 cm³/mol. The van der Waals surface area contributed by atoms with Crippen molar-refractivity contribution in [2.45, 2.75) is 0 Å². The fourth-order valence-electron chi connectivity index (χ4n) is 9.51. The second kappa shape index (κ2) is 22.8. The van der Waals surface area contributed by atoms with E-state index in [0.29, 0.717) is 11.1 Å². The van der Waals surface area contributed by atoms with Crippen molar-refractivity contribution < 1.29 is 20.1 Å². The maximum atomic E-state index is 9.49. The molecule has 2 aromatic heterocycles. The van der Waals surface area contributed by atoms with E-state index >= 15 is 0 Å². The van der Waals surface area contributed by atoms with Gasteiger partial charge in [-0.25, -0.2) is 4.98 Å². The van der Waals surface area contributed by atoms with Gasteiger partial charge in [0.2, 0.25) is 0 Å². The van der Waals surface area contributed by atoms with Crippen LogP contribution in [0.4, 0.5) is 0 Å². The Hall–Kier alpha value is -9.75. The van der Waals surface area contributed by atoms with Gasteiger partial charge in [0.1, 0.15) is 5.82 Å². The van der Waals surface area contributed by atoms with Crippen molar-refractivity contribution in [3.05, 3.63) is 291 Å². The zero-order valence-electron chi connectivity index (χ0n) is 40.5. The number of benzene rings is 10. The molecule has 7 heteroatoms. The summed E-state index contributed by atoms with van der Waals surface area (Å²) in [4.78, 5) is 9.45. The van der Waals surface area contributed by atoms with Crippen LogP contribution in [0.15, 0.2) is 274 Å². The molecule has 0 saturated heterocycles. The van der Waals surface area contributed by atoms with E-state index < -0.39 is 0 Å². The van der Waals surface area contributed by atoms with Gasteiger partial charge in [-0.2, -0.15) is 10.5 Å². The monoisotopic (exact) mass is 1140 g/mol. The molecular weight excluding hydrogens is 1090 g/mol. The van der Waals surface area contributed by atoms with Crippen LogP contribution in [0, 0.1) is 28.7 Å². The number of imidazole rings is 2. The van der Waals surface area contributed by atoms with E-state index in [1.807, 2.05) is 85.3 Å². The molecule has 0 fully saturated rings. The van der Waals surface area contributed by atoms with Crippen LogP contribution in [0.25, 0.3) is 101 Å². The summed E-state index contributed by atoms with van der Waals surface area (Å²) in [5.74, 6) is 1.53. The maximum absolute atomic E-state index is 9.49. The molecule has 12 aromatic rings. The van der Waals surface area contributed by atoms with Crippen molar-refractivity contribution >= 4 is 0 Å². The average molecular weight is 1140 g/mol. The van der Waals surface area contributed by atoms with Gasteiger partial charge in [0.25, 0.3) is 0 Å². The van der Waals surface area contributed by atoms with Gasteiger partial charge in [-0.15, -0.1) is 29.8 Å². The number of nitriles is 2. The van der Waals surface area contributed by atoms with Crippen LogP contribution in [-0.2, 0) is 20.1 Å². The molecule has 2 heterocycles. The van der Waals surface area contributed by atoms with Gasteiger partial charge in [-0.1, -0.05) is 194 Å². The molecule has 0 amide bonds. The van der Waals surface area contributed by atoms with Crippen LogP contribution in [0.1, 0.15) is 11.1 Å². The first-order valence-electron chi connectivity index (χ1n) is 24.3.